The van der Waals surface area contributed by atoms with Crippen molar-refractivity contribution >= 4 is 16.9 Å². The van der Waals surface area contributed by atoms with Crippen LogP contribution in [-0.4, -0.2) is 25.8 Å². The van der Waals surface area contributed by atoms with Crippen LogP contribution in [0.4, 0.5) is 0 Å². The van der Waals surface area contributed by atoms with Crippen LogP contribution in [0.15, 0.2) is 30.5 Å². The quantitative estimate of drug-likeness (QED) is 0.784. The van der Waals surface area contributed by atoms with Gasteiger partial charge in [0, 0.05) is 24.2 Å². The maximum atomic E-state index is 11.6. The first-order valence-electron chi connectivity index (χ1n) is 6.61. The second kappa shape index (κ2) is 4.70. The van der Waals surface area contributed by atoms with Gasteiger partial charge in [0.15, 0.2) is 0 Å². The van der Waals surface area contributed by atoms with Crippen LogP contribution in [0.1, 0.15) is 21.6 Å². The fourth-order valence-electron chi connectivity index (χ4n) is 2.56. The van der Waals surface area contributed by atoms with Crippen molar-refractivity contribution in [2.75, 3.05) is 0 Å². The third kappa shape index (κ3) is 2.16. The maximum Gasteiger partial charge on any atom is 0.336 e. The number of para-hydroxylation sites is 1. The normalized spacial score (nSPS) is 11.0. The lowest BCUT2D eigenvalue weighted by Crippen LogP contribution is -2.01. The molecule has 3 rings (SSSR count). The van der Waals surface area contributed by atoms with Gasteiger partial charge in [-0.05, 0) is 25.5 Å². The van der Waals surface area contributed by atoms with E-state index in [1.54, 1.807) is 16.8 Å². The summed E-state index contributed by atoms with van der Waals surface area (Å²) in [5.74, 6) is -0.948. The van der Waals surface area contributed by atoms with E-state index in [2.05, 4.69) is 10.1 Å². The number of hydrogen-bond acceptors (Lipinski definition) is 3. The van der Waals surface area contributed by atoms with Gasteiger partial charge < -0.3 is 5.11 Å². The summed E-state index contributed by atoms with van der Waals surface area (Å²) in [6.07, 6.45) is 1.85. The van der Waals surface area contributed by atoms with E-state index in [9.17, 15) is 9.90 Å². The number of carboxylic acids is 1. The number of fused-ring (bicyclic) bond motifs is 1. The van der Waals surface area contributed by atoms with Crippen molar-refractivity contribution in [2.24, 2.45) is 7.05 Å². The molecule has 0 aliphatic carbocycles. The van der Waals surface area contributed by atoms with Crippen molar-refractivity contribution in [3.8, 4) is 11.3 Å². The molecule has 0 fully saturated rings. The third-order valence-corrected chi connectivity index (χ3v) is 3.56. The van der Waals surface area contributed by atoms with E-state index >= 15 is 0 Å². The van der Waals surface area contributed by atoms with Crippen LogP contribution in [0.2, 0.25) is 0 Å². The highest BCUT2D eigenvalue weighted by atomic mass is 16.4. The van der Waals surface area contributed by atoms with E-state index in [1.165, 1.54) is 0 Å². The second-order valence-electron chi connectivity index (χ2n) is 5.13. The molecule has 0 aliphatic heterocycles. The molecule has 1 N–H and O–H groups in total. The van der Waals surface area contributed by atoms with Gasteiger partial charge in [-0.3, -0.25) is 4.68 Å². The summed E-state index contributed by atoms with van der Waals surface area (Å²) in [4.78, 5) is 16.2. The number of carbonyl (C=O) groups is 1. The molecule has 1 aromatic carbocycles. The highest BCUT2D eigenvalue weighted by molar-refractivity contribution is 6.04. The molecule has 21 heavy (non-hydrogen) atoms. The minimum Gasteiger partial charge on any atom is -0.478 e. The topological polar surface area (TPSA) is 68.0 Å². The Morgan fingerprint density at radius 1 is 1.29 bits per heavy atom. The molecule has 2 aromatic heterocycles. The molecule has 0 unspecified atom stereocenters. The average Bonchev–Trinajstić information content (AvgIpc) is 2.77. The Balaban J connectivity index is 2.37. The summed E-state index contributed by atoms with van der Waals surface area (Å²) in [5, 5.41) is 14.4. The molecule has 0 amide bonds. The van der Waals surface area contributed by atoms with Crippen molar-refractivity contribution in [3.05, 3.63) is 47.3 Å². The summed E-state index contributed by atoms with van der Waals surface area (Å²) in [5.41, 5.74) is 4.26. The van der Waals surface area contributed by atoms with Crippen molar-refractivity contribution in [1.82, 2.24) is 14.8 Å². The van der Waals surface area contributed by atoms with E-state index in [1.807, 2.05) is 39.2 Å². The molecule has 2 heterocycles. The van der Waals surface area contributed by atoms with Gasteiger partial charge in [-0.2, -0.15) is 5.10 Å². The molecule has 0 aliphatic rings. The lowest BCUT2D eigenvalue weighted by molar-refractivity contribution is 0.0699. The van der Waals surface area contributed by atoms with E-state index in [0.717, 1.165) is 22.3 Å². The first-order valence-corrected chi connectivity index (χ1v) is 6.61. The van der Waals surface area contributed by atoms with Crippen LogP contribution in [0.3, 0.4) is 0 Å². The molecule has 5 nitrogen and oxygen atoms in total. The van der Waals surface area contributed by atoms with E-state index in [-0.39, 0.29) is 5.56 Å². The molecule has 0 bridgehead atoms. The molecular weight excluding hydrogens is 266 g/mol. The maximum absolute atomic E-state index is 11.6. The number of aromatic nitrogens is 3. The highest BCUT2D eigenvalue weighted by Gasteiger charge is 2.16. The predicted molar refractivity (Wildman–Crippen MR) is 80.4 cm³/mol. The lowest BCUT2D eigenvalue weighted by Gasteiger charge is -2.08. The van der Waals surface area contributed by atoms with Gasteiger partial charge in [0.1, 0.15) is 0 Å². The van der Waals surface area contributed by atoms with E-state index < -0.39 is 5.97 Å². The molecule has 0 atom stereocenters. The monoisotopic (exact) mass is 281 g/mol. The van der Waals surface area contributed by atoms with Crippen molar-refractivity contribution < 1.29 is 9.90 Å². The van der Waals surface area contributed by atoms with Crippen LogP contribution >= 0.6 is 0 Å². The van der Waals surface area contributed by atoms with Gasteiger partial charge in [0.05, 0.1) is 22.5 Å². The standard InChI is InChI=1S/C16H15N3O2/c1-9-5-4-6-11-12(16(20)21)7-14(17-15(9)11)13-8-19(3)18-10(13)2/h4-8H,1-3H3,(H,20,21). The Bertz CT molecular complexity index is 865. The smallest absolute Gasteiger partial charge is 0.336 e. The highest BCUT2D eigenvalue weighted by Crippen LogP contribution is 2.28. The minimum atomic E-state index is -0.948. The number of carboxylic acid groups (broad SMARTS) is 1. The van der Waals surface area contributed by atoms with Gasteiger partial charge in [-0.15, -0.1) is 0 Å². The van der Waals surface area contributed by atoms with Crippen LogP contribution in [0.5, 0.6) is 0 Å². The Labute approximate surface area is 121 Å². The Morgan fingerprint density at radius 2 is 2.05 bits per heavy atom. The third-order valence-electron chi connectivity index (χ3n) is 3.56. The predicted octanol–water partition coefficient (Wildman–Crippen LogP) is 2.95. The zero-order valence-electron chi connectivity index (χ0n) is 12.1. The van der Waals surface area contributed by atoms with Gasteiger partial charge in [-0.1, -0.05) is 18.2 Å². The number of aromatic carboxylic acids is 1. The van der Waals surface area contributed by atoms with Crippen LogP contribution in [0, 0.1) is 13.8 Å². The minimum absolute atomic E-state index is 0.266. The van der Waals surface area contributed by atoms with Crippen LogP contribution in [0.25, 0.3) is 22.2 Å². The Kier molecular flexibility index (Phi) is 2.97. The van der Waals surface area contributed by atoms with Crippen molar-refractivity contribution in [1.29, 1.82) is 0 Å². The number of rotatable bonds is 2. The van der Waals surface area contributed by atoms with E-state index in [0.29, 0.717) is 11.1 Å². The molecule has 0 spiro atoms. The van der Waals surface area contributed by atoms with Gasteiger partial charge in [-0.25, -0.2) is 9.78 Å². The lowest BCUT2D eigenvalue weighted by atomic mass is 10.0. The second-order valence-corrected chi connectivity index (χ2v) is 5.13. The summed E-state index contributed by atoms with van der Waals surface area (Å²) in [6, 6.07) is 7.19. The number of benzene rings is 1. The number of pyridine rings is 1. The fraction of sp³-hybridized carbons (Fsp3) is 0.188. The summed E-state index contributed by atoms with van der Waals surface area (Å²) < 4.78 is 1.70. The number of aryl methyl sites for hydroxylation is 3. The molecule has 5 heteroatoms. The van der Waals surface area contributed by atoms with Gasteiger partial charge >= 0.3 is 5.97 Å². The summed E-state index contributed by atoms with van der Waals surface area (Å²) in [7, 11) is 1.83. The zero-order valence-corrected chi connectivity index (χ0v) is 12.1. The SMILES string of the molecule is Cc1nn(C)cc1-c1cc(C(=O)O)c2cccc(C)c2n1. The van der Waals surface area contributed by atoms with Crippen molar-refractivity contribution in [3.63, 3.8) is 0 Å². The Hall–Kier alpha value is -2.69. The Morgan fingerprint density at radius 3 is 2.67 bits per heavy atom. The molecule has 0 radical (unpaired) electrons. The first kappa shape index (κ1) is 13.3. The van der Waals surface area contributed by atoms with Crippen LogP contribution < -0.4 is 0 Å². The molecular formula is C16H15N3O2. The average molecular weight is 281 g/mol. The number of hydrogen-bond donors (Lipinski definition) is 1. The number of nitrogens with zero attached hydrogens (tertiary/aromatic N) is 3. The van der Waals surface area contributed by atoms with Crippen LogP contribution in [-0.2, 0) is 7.05 Å². The molecule has 106 valence electrons. The van der Waals surface area contributed by atoms with Gasteiger partial charge in [0.2, 0.25) is 0 Å². The molecule has 0 saturated carbocycles. The zero-order chi connectivity index (χ0) is 15.1. The fourth-order valence-corrected chi connectivity index (χ4v) is 2.56. The first-order chi connectivity index (χ1) is 9.97. The molecule has 0 saturated heterocycles. The largest absolute Gasteiger partial charge is 0.478 e. The summed E-state index contributed by atoms with van der Waals surface area (Å²) in [6.45, 7) is 3.82. The summed E-state index contributed by atoms with van der Waals surface area (Å²) >= 11 is 0. The van der Waals surface area contributed by atoms with Gasteiger partial charge in [0.25, 0.3) is 0 Å². The van der Waals surface area contributed by atoms with E-state index in [4.69, 9.17) is 0 Å². The van der Waals surface area contributed by atoms with Crippen molar-refractivity contribution in [2.45, 2.75) is 13.8 Å². The molecule has 3 aromatic rings.